The molecular formula is C33H34N2O5. The van der Waals surface area contributed by atoms with Gasteiger partial charge in [-0.1, -0.05) is 68.4 Å². The van der Waals surface area contributed by atoms with Crippen LogP contribution in [0.5, 0.6) is 0 Å². The van der Waals surface area contributed by atoms with Crippen molar-refractivity contribution in [3.63, 3.8) is 0 Å². The zero-order valence-electron chi connectivity index (χ0n) is 22.9. The number of esters is 1. The molecule has 40 heavy (non-hydrogen) atoms. The summed E-state index contributed by atoms with van der Waals surface area (Å²) in [7, 11) is 0. The Morgan fingerprint density at radius 1 is 0.850 bits per heavy atom. The van der Waals surface area contributed by atoms with Gasteiger partial charge in [-0.15, -0.1) is 0 Å². The second-order valence-electron chi connectivity index (χ2n) is 10.5. The summed E-state index contributed by atoms with van der Waals surface area (Å²) < 4.78 is 5.30. The number of anilines is 2. The van der Waals surface area contributed by atoms with Crippen LogP contribution in [0.3, 0.4) is 0 Å². The molecule has 1 aliphatic heterocycles. The van der Waals surface area contributed by atoms with Crippen molar-refractivity contribution < 1.29 is 23.9 Å². The Balaban J connectivity index is 1.25. The first-order chi connectivity index (χ1) is 19.4. The van der Waals surface area contributed by atoms with Crippen LogP contribution in [-0.2, 0) is 32.0 Å². The van der Waals surface area contributed by atoms with E-state index in [2.05, 4.69) is 17.4 Å². The summed E-state index contributed by atoms with van der Waals surface area (Å²) in [5.41, 5.74) is 4.51. The molecule has 7 nitrogen and oxygen atoms in total. The van der Waals surface area contributed by atoms with E-state index in [-0.39, 0.29) is 35.1 Å². The Morgan fingerprint density at radius 3 is 2.23 bits per heavy atom. The Bertz CT molecular complexity index is 1410. The maximum absolute atomic E-state index is 13.4. The molecule has 0 aromatic heterocycles. The minimum Gasteiger partial charge on any atom is -0.452 e. The molecule has 5 rings (SSSR count). The number of hydrogen-bond donors (Lipinski definition) is 1. The summed E-state index contributed by atoms with van der Waals surface area (Å²) in [5.74, 6) is -2.03. The minimum atomic E-state index is -0.697. The summed E-state index contributed by atoms with van der Waals surface area (Å²) in [6.07, 6.45) is 3.67. The standard InChI is InChI=1S/C33H34N2O5/c1-3-21-12-8-13-22(4-2)30(21)34-29(36)20-40-33(39)25-14-9-15-26(18-25)35-31(37)27-17-16-24(19-28(27)32(35)38)23-10-6-5-7-11-23/h5-15,18,24,27-28H,3-4,16-17,19-20H2,1-2H3,(H,34,36)/t24-,27-,28+/m1/s1. The largest absolute Gasteiger partial charge is 0.452 e. The first-order valence-electron chi connectivity index (χ1n) is 14.0. The molecule has 3 aromatic rings. The van der Waals surface area contributed by atoms with Crippen LogP contribution in [0.1, 0.15) is 66.1 Å². The SMILES string of the molecule is CCc1cccc(CC)c1NC(=O)COC(=O)c1cccc(N2C(=O)[C@H]3C[C@H](c4ccccc4)CC[C@H]3C2=O)c1. The van der Waals surface area contributed by atoms with Crippen LogP contribution in [0.4, 0.5) is 11.4 Å². The molecule has 3 atom stereocenters. The first-order valence-corrected chi connectivity index (χ1v) is 14.0. The molecule has 1 saturated heterocycles. The number of fused-ring (bicyclic) bond motifs is 1. The number of para-hydroxylation sites is 1. The van der Waals surface area contributed by atoms with Crippen LogP contribution >= 0.6 is 0 Å². The maximum Gasteiger partial charge on any atom is 0.338 e. The van der Waals surface area contributed by atoms with Crippen molar-refractivity contribution in [1.82, 2.24) is 0 Å². The Morgan fingerprint density at radius 2 is 1.52 bits per heavy atom. The molecule has 2 fully saturated rings. The number of carbonyl (C=O) groups excluding carboxylic acids is 4. The second kappa shape index (κ2) is 11.9. The van der Waals surface area contributed by atoms with Gasteiger partial charge in [-0.2, -0.15) is 0 Å². The lowest BCUT2D eigenvalue weighted by molar-refractivity contribution is -0.122. The number of benzene rings is 3. The lowest BCUT2D eigenvalue weighted by atomic mass is 9.73. The van der Waals surface area contributed by atoms with Crippen molar-refractivity contribution in [2.45, 2.75) is 51.9 Å². The van der Waals surface area contributed by atoms with Crippen molar-refractivity contribution in [2.24, 2.45) is 11.8 Å². The van der Waals surface area contributed by atoms with E-state index in [1.807, 2.05) is 50.2 Å². The number of aryl methyl sites for hydroxylation is 2. The number of imide groups is 1. The molecule has 1 heterocycles. The van der Waals surface area contributed by atoms with Crippen LogP contribution in [-0.4, -0.2) is 30.3 Å². The van der Waals surface area contributed by atoms with Gasteiger partial charge >= 0.3 is 5.97 Å². The predicted molar refractivity (Wildman–Crippen MR) is 153 cm³/mol. The van der Waals surface area contributed by atoms with E-state index >= 15 is 0 Å². The molecule has 1 N–H and O–H groups in total. The van der Waals surface area contributed by atoms with Gasteiger partial charge in [0.05, 0.1) is 23.1 Å². The van der Waals surface area contributed by atoms with Gasteiger partial charge in [0.15, 0.2) is 6.61 Å². The number of hydrogen-bond acceptors (Lipinski definition) is 5. The molecule has 0 radical (unpaired) electrons. The van der Waals surface area contributed by atoms with E-state index in [0.717, 1.165) is 36.1 Å². The smallest absolute Gasteiger partial charge is 0.338 e. The second-order valence-corrected chi connectivity index (χ2v) is 10.5. The quantitative estimate of drug-likeness (QED) is 0.294. The van der Waals surface area contributed by atoms with Crippen LogP contribution in [0.25, 0.3) is 0 Å². The number of carbonyl (C=O) groups is 4. The predicted octanol–water partition coefficient (Wildman–Crippen LogP) is 5.68. The highest BCUT2D eigenvalue weighted by Gasteiger charge is 2.50. The Hall–Kier alpha value is -4.26. The first kappa shape index (κ1) is 27.3. The number of amides is 3. The van der Waals surface area contributed by atoms with Gasteiger partial charge in [-0.3, -0.25) is 19.3 Å². The summed E-state index contributed by atoms with van der Waals surface area (Å²) in [6, 6.07) is 22.3. The van der Waals surface area contributed by atoms with Crippen LogP contribution in [0, 0.1) is 11.8 Å². The van der Waals surface area contributed by atoms with Gasteiger partial charge in [0.25, 0.3) is 5.91 Å². The van der Waals surface area contributed by atoms with E-state index in [1.165, 1.54) is 16.5 Å². The Kier molecular flexibility index (Phi) is 8.10. The maximum atomic E-state index is 13.4. The van der Waals surface area contributed by atoms with Gasteiger partial charge in [0, 0.05) is 5.69 Å². The lowest BCUT2D eigenvalue weighted by Gasteiger charge is -2.28. The highest BCUT2D eigenvalue weighted by molar-refractivity contribution is 6.22. The molecule has 0 unspecified atom stereocenters. The zero-order valence-corrected chi connectivity index (χ0v) is 22.9. The molecular weight excluding hydrogens is 504 g/mol. The van der Waals surface area contributed by atoms with Gasteiger partial charge in [-0.25, -0.2) is 4.79 Å². The van der Waals surface area contributed by atoms with Crippen LogP contribution < -0.4 is 10.2 Å². The molecule has 0 spiro atoms. The fraction of sp³-hybridized carbons (Fsp3) is 0.333. The molecule has 1 aliphatic carbocycles. The highest BCUT2D eigenvalue weighted by Crippen LogP contribution is 2.45. The molecule has 2 aliphatic rings. The average molecular weight is 539 g/mol. The molecule has 3 aromatic carbocycles. The van der Waals surface area contributed by atoms with E-state index in [1.54, 1.807) is 18.2 Å². The Labute approximate surface area is 234 Å². The van der Waals surface area contributed by atoms with Crippen LogP contribution in [0.15, 0.2) is 72.8 Å². The van der Waals surface area contributed by atoms with Gasteiger partial charge in [0.1, 0.15) is 0 Å². The van der Waals surface area contributed by atoms with Gasteiger partial charge in [0.2, 0.25) is 11.8 Å². The van der Waals surface area contributed by atoms with Gasteiger partial charge < -0.3 is 10.1 Å². The molecule has 0 bridgehead atoms. The van der Waals surface area contributed by atoms with E-state index < -0.39 is 18.5 Å². The summed E-state index contributed by atoms with van der Waals surface area (Å²) in [6.45, 7) is 3.59. The molecule has 206 valence electrons. The summed E-state index contributed by atoms with van der Waals surface area (Å²) >= 11 is 0. The minimum absolute atomic E-state index is 0.172. The van der Waals surface area contributed by atoms with Crippen molar-refractivity contribution in [1.29, 1.82) is 0 Å². The van der Waals surface area contributed by atoms with Crippen molar-refractivity contribution in [2.75, 3.05) is 16.8 Å². The van der Waals surface area contributed by atoms with Gasteiger partial charge in [-0.05, 0) is 72.9 Å². The molecule has 7 heteroatoms. The van der Waals surface area contributed by atoms with Crippen molar-refractivity contribution in [3.05, 3.63) is 95.1 Å². The number of nitrogens with zero attached hydrogens (tertiary/aromatic N) is 1. The fourth-order valence-corrected chi connectivity index (χ4v) is 6.03. The van der Waals surface area contributed by atoms with E-state index in [9.17, 15) is 19.2 Å². The van der Waals surface area contributed by atoms with Crippen molar-refractivity contribution in [3.8, 4) is 0 Å². The third kappa shape index (κ3) is 5.41. The zero-order chi connectivity index (χ0) is 28.2. The number of ether oxygens (including phenoxy) is 1. The topological polar surface area (TPSA) is 92.8 Å². The number of rotatable bonds is 8. The highest BCUT2D eigenvalue weighted by atomic mass is 16.5. The van der Waals surface area contributed by atoms with Crippen LogP contribution in [0.2, 0.25) is 0 Å². The number of nitrogens with one attached hydrogen (secondary N) is 1. The monoisotopic (exact) mass is 538 g/mol. The normalized spacial score (nSPS) is 20.2. The average Bonchev–Trinajstić information content (AvgIpc) is 3.25. The lowest BCUT2D eigenvalue weighted by Crippen LogP contribution is -2.31. The third-order valence-electron chi connectivity index (χ3n) is 8.13. The summed E-state index contributed by atoms with van der Waals surface area (Å²) in [4.78, 5) is 53.4. The molecule has 1 saturated carbocycles. The third-order valence-corrected chi connectivity index (χ3v) is 8.13. The molecule has 3 amide bonds. The van der Waals surface area contributed by atoms with Crippen molar-refractivity contribution >= 4 is 35.1 Å². The summed E-state index contributed by atoms with van der Waals surface area (Å²) in [5, 5.41) is 2.89. The van der Waals surface area contributed by atoms with E-state index in [4.69, 9.17) is 4.74 Å². The fourth-order valence-electron chi connectivity index (χ4n) is 6.03. The van der Waals surface area contributed by atoms with E-state index in [0.29, 0.717) is 18.5 Å².